The summed E-state index contributed by atoms with van der Waals surface area (Å²) in [5.74, 6) is 0. The molecule has 0 saturated heterocycles. The zero-order valence-corrected chi connectivity index (χ0v) is 13.3. The molecule has 1 N–H and O–H groups in total. The van der Waals surface area contributed by atoms with Crippen LogP contribution < -0.4 is 5.32 Å². The Morgan fingerprint density at radius 1 is 1.05 bits per heavy atom. The first-order chi connectivity index (χ1) is 8.88. The van der Waals surface area contributed by atoms with Crippen molar-refractivity contribution in [3.8, 4) is 0 Å². The fourth-order valence-electron chi connectivity index (χ4n) is 2.21. The van der Waals surface area contributed by atoms with Gasteiger partial charge in [0.1, 0.15) is 0 Å². The van der Waals surface area contributed by atoms with E-state index in [1.54, 1.807) is 0 Å². The number of nitrogens with one attached hydrogen (secondary N) is 1. The quantitative estimate of drug-likeness (QED) is 0.775. The van der Waals surface area contributed by atoms with Crippen LogP contribution in [0.25, 0.3) is 0 Å². The number of aryl methyl sites for hydroxylation is 1. The van der Waals surface area contributed by atoms with Gasteiger partial charge in [0.25, 0.3) is 0 Å². The maximum Gasteiger partial charge on any atom is 0.0581 e. The lowest BCUT2D eigenvalue weighted by Crippen LogP contribution is -2.11. The lowest BCUT2D eigenvalue weighted by atomic mass is 9.87. The van der Waals surface area contributed by atoms with E-state index in [0.717, 1.165) is 0 Å². The summed E-state index contributed by atoms with van der Waals surface area (Å²) in [6, 6.07) is 11.3. The molecule has 0 amide bonds. The van der Waals surface area contributed by atoms with Crippen LogP contribution in [0.15, 0.2) is 35.7 Å². The van der Waals surface area contributed by atoms with Crippen molar-refractivity contribution in [1.82, 2.24) is 0 Å². The SMILES string of the molecule is Cc1ccsc1C(C)Nc1ccc(C(C)(C)C)cc1. The second-order valence-electron chi connectivity index (χ2n) is 6.16. The molecule has 2 heteroatoms. The van der Waals surface area contributed by atoms with Crippen LogP contribution in [-0.4, -0.2) is 0 Å². The number of hydrogen-bond donors (Lipinski definition) is 1. The van der Waals surface area contributed by atoms with Gasteiger partial charge in [0, 0.05) is 10.6 Å². The molecule has 0 bridgehead atoms. The second-order valence-corrected chi connectivity index (χ2v) is 7.11. The number of benzene rings is 1. The molecular formula is C17H23NS. The molecule has 1 aromatic heterocycles. The zero-order chi connectivity index (χ0) is 14.0. The Kier molecular flexibility index (Phi) is 4.00. The maximum atomic E-state index is 3.57. The van der Waals surface area contributed by atoms with Crippen LogP contribution in [0.2, 0.25) is 0 Å². The molecule has 2 aromatic rings. The van der Waals surface area contributed by atoms with E-state index in [2.05, 4.69) is 75.6 Å². The van der Waals surface area contributed by atoms with E-state index in [-0.39, 0.29) is 5.41 Å². The van der Waals surface area contributed by atoms with Crippen molar-refractivity contribution in [2.75, 3.05) is 5.32 Å². The van der Waals surface area contributed by atoms with Gasteiger partial charge in [-0.2, -0.15) is 0 Å². The maximum absolute atomic E-state index is 3.57. The molecule has 0 aliphatic heterocycles. The van der Waals surface area contributed by atoms with Gasteiger partial charge in [0.2, 0.25) is 0 Å². The standard InChI is InChI=1S/C17H23NS/c1-12-10-11-19-16(12)13(2)18-15-8-6-14(7-9-15)17(3,4)5/h6-11,13,18H,1-5H3. The second kappa shape index (κ2) is 5.38. The highest BCUT2D eigenvalue weighted by molar-refractivity contribution is 7.10. The topological polar surface area (TPSA) is 12.0 Å². The van der Waals surface area contributed by atoms with Gasteiger partial charge in [0.15, 0.2) is 0 Å². The third kappa shape index (κ3) is 3.38. The van der Waals surface area contributed by atoms with Crippen molar-refractivity contribution < 1.29 is 0 Å². The predicted molar refractivity (Wildman–Crippen MR) is 86.2 cm³/mol. The monoisotopic (exact) mass is 273 g/mol. The molecule has 0 fully saturated rings. The van der Waals surface area contributed by atoms with Gasteiger partial charge in [-0.25, -0.2) is 0 Å². The Labute approximate surface area is 120 Å². The Bertz CT molecular complexity index is 531. The number of rotatable bonds is 3. The molecule has 0 spiro atoms. The summed E-state index contributed by atoms with van der Waals surface area (Å²) < 4.78 is 0. The summed E-state index contributed by atoms with van der Waals surface area (Å²) in [4.78, 5) is 1.42. The Hall–Kier alpha value is -1.28. The molecule has 1 nitrogen and oxygen atoms in total. The molecule has 1 atom stereocenters. The van der Waals surface area contributed by atoms with E-state index in [4.69, 9.17) is 0 Å². The number of thiophene rings is 1. The van der Waals surface area contributed by atoms with Gasteiger partial charge >= 0.3 is 0 Å². The molecule has 1 aromatic carbocycles. The van der Waals surface area contributed by atoms with Crippen molar-refractivity contribution in [2.45, 2.75) is 46.1 Å². The Morgan fingerprint density at radius 3 is 2.16 bits per heavy atom. The fraction of sp³-hybridized carbons (Fsp3) is 0.412. The van der Waals surface area contributed by atoms with E-state index in [0.29, 0.717) is 6.04 Å². The molecule has 19 heavy (non-hydrogen) atoms. The highest BCUT2D eigenvalue weighted by Crippen LogP contribution is 2.28. The summed E-state index contributed by atoms with van der Waals surface area (Å²) in [5, 5.41) is 5.73. The minimum atomic E-state index is 0.217. The third-order valence-corrected chi connectivity index (χ3v) is 4.63. The van der Waals surface area contributed by atoms with Crippen molar-refractivity contribution in [3.05, 3.63) is 51.7 Å². The summed E-state index contributed by atoms with van der Waals surface area (Å²) in [6.45, 7) is 11.1. The van der Waals surface area contributed by atoms with Crippen LogP contribution in [0.5, 0.6) is 0 Å². The summed E-state index contributed by atoms with van der Waals surface area (Å²) >= 11 is 1.82. The van der Waals surface area contributed by atoms with Gasteiger partial charge in [-0.3, -0.25) is 0 Å². The van der Waals surface area contributed by atoms with Gasteiger partial charge in [-0.1, -0.05) is 32.9 Å². The summed E-state index contributed by atoms with van der Waals surface area (Å²) in [5.41, 5.74) is 4.15. The highest BCUT2D eigenvalue weighted by Gasteiger charge is 2.14. The van der Waals surface area contributed by atoms with E-state index in [1.807, 2.05) is 11.3 Å². The predicted octanol–water partition coefficient (Wildman–Crippen LogP) is 5.53. The minimum absolute atomic E-state index is 0.217. The van der Waals surface area contributed by atoms with E-state index in [9.17, 15) is 0 Å². The zero-order valence-electron chi connectivity index (χ0n) is 12.4. The summed E-state index contributed by atoms with van der Waals surface area (Å²) in [6.07, 6.45) is 0. The Morgan fingerprint density at radius 2 is 1.68 bits per heavy atom. The Balaban J connectivity index is 2.10. The normalized spacial score (nSPS) is 13.3. The third-order valence-electron chi connectivity index (χ3n) is 3.43. The van der Waals surface area contributed by atoms with Crippen LogP contribution in [0.3, 0.4) is 0 Å². The van der Waals surface area contributed by atoms with Crippen LogP contribution in [0.4, 0.5) is 5.69 Å². The number of hydrogen-bond acceptors (Lipinski definition) is 2. The first kappa shape index (κ1) is 14.1. The average Bonchev–Trinajstić information content (AvgIpc) is 2.75. The number of anilines is 1. The van der Waals surface area contributed by atoms with Crippen molar-refractivity contribution in [2.24, 2.45) is 0 Å². The van der Waals surface area contributed by atoms with Crippen LogP contribution >= 0.6 is 11.3 Å². The van der Waals surface area contributed by atoms with Gasteiger partial charge in [0.05, 0.1) is 6.04 Å². The van der Waals surface area contributed by atoms with Crippen molar-refractivity contribution in [3.63, 3.8) is 0 Å². The largest absolute Gasteiger partial charge is 0.378 e. The van der Waals surface area contributed by atoms with Gasteiger partial charge < -0.3 is 5.32 Å². The van der Waals surface area contributed by atoms with Gasteiger partial charge in [-0.15, -0.1) is 11.3 Å². The van der Waals surface area contributed by atoms with Gasteiger partial charge in [-0.05, 0) is 54.0 Å². The van der Waals surface area contributed by atoms with Crippen LogP contribution in [0.1, 0.15) is 49.7 Å². The van der Waals surface area contributed by atoms with E-state index >= 15 is 0 Å². The van der Waals surface area contributed by atoms with Crippen LogP contribution in [0, 0.1) is 6.92 Å². The molecule has 0 aliphatic rings. The molecule has 102 valence electrons. The molecule has 2 rings (SSSR count). The smallest absolute Gasteiger partial charge is 0.0581 e. The molecule has 1 unspecified atom stereocenters. The minimum Gasteiger partial charge on any atom is -0.378 e. The first-order valence-corrected chi connectivity index (χ1v) is 7.67. The highest BCUT2D eigenvalue weighted by atomic mass is 32.1. The first-order valence-electron chi connectivity index (χ1n) is 6.79. The summed E-state index contributed by atoms with van der Waals surface area (Å²) in [7, 11) is 0. The van der Waals surface area contributed by atoms with Crippen LogP contribution in [-0.2, 0) is 5.41 Å². The molecule has 0 radical (unpaired) electrons. The average molecular weight is 273 g/mol. The van der Waals surface area contributed by atoms with E-state index < -0.39 is 0 Å². The van der Waals surface area contributed by atoms with Crippen molar-refractivity contribution in [1.29, 1.82) is 0 Å². The molecule has 0 saturated carbocycles. The molecular weight excluding hydrogens is 250 g/mol. The lowest BCUT2D eigenvalue weighted by Gasteiger charge is -2.20. The van der Waals surface area contributed by atoms with E-state index in [1.165, 1.54) is 21.7 Å². The fourth-order valence-corrected chi connectivity index (χ4v) is 3.15. The lowest BCUT2D eigenvalue weighted by molar-refractivity contribution is 0.590. The molecule has 1 heterocycles. The molecule has 0 aliphatic carbocycles. The van der Waals surface area contributed by atoms with Crippen molar-refractivity contribution >= 4 is 17.0 Å².